The summed E-state index contributed by atoms with van der Waals surface area (Å²) in [5.74, 6) is 1.23. The van der Waals surface area contributed by atoms with Gasteiger partial charge >= 0.3 is 5.97 Å². The summed E-state index contributed by atoms with van der Waals surface area (Å²) in [6.07, 6.45) is 0. The molecule has 3 nitrogen and oxygen atoms in total. The molecule has 0 unspecified atom stereocenters. The Bertz CT molecular complexity index is 610. The van der Waals surface area contributed by atoms with Crippen LogP contribution in [0.25, 0.3) is 0 Å². The highest BCUT2D eigenvalue weighted by Gasteiger charge is 2.09. The quantitative estimate of drug-likeness (QED) is 0.785. The van der Waals surface area contributed by atoms with Crippen LogP contribution in [0.4, 0.5) is 0 Å². The van der Waals surface area contributed by atoms with Gasteiger partial charge in [0, 0.05) is 11.5 Å². The minimum absolute atomic E-state index is 0.209. The van der Waals surface area contributed by atoms with Crippen molar-refractivity contribution in [2.75, 3.05) is 12.4 Å². The molecule has 21 heavy (non-hydrogen) atoms. The Balaban J connectivity index is 1.76. The van der Waals surface area contributed by atoms with E-state index in [2.05, 4.69) is 31.2 Å². The maximum absolute atomic E-state index is 11.0. The molecule has 0 amide bonds. The van der Waals surface area contributed by atoms with Crippen molar-refractivity contribution in [3.63, 3.8) is 0 Å². The Morgan fingerprint density at radius 1 is 1.19 bits per heavy atom. The topological polar surface area (TPSA) is 46.5 Å². The maximum Gasteiger partial charge on any atom is 0.339 e. The molecule has 0 fully saturated rings. The molecule has 1 N–H and O–H groups in total. The number of rotatable bonds is 7. The average molecular weight is 302 g/mol. The van der Waals surface area contributed by atoms with Crippen molar-refractivity contribution in [2.24, 2.45) is 0 Å². The Morgan fingerprint density at radius 2 is 2.00 bits per heavy atom. The Hall–Kier alpha value is -1.94. The molecule has 2 aromatic rings. The zero-order valence-corrected chi connectivity index (χ0v) is 12.7. The number of carboxylic acids is 1. The summed E-state index contributed by atoms with van der Waals surface area (Å²) in [4.78, 5) is 11.0. The number of aryl methyl sites for hydroxylation is 1. The molecule has 0 bridgehead atoms. The largest absolute Gasteiger partial charge is 0.492 e. The fraction of sp³-hybridized carbons (Fsp3) is 0.235. The van der Waals surface area contributed by atoms with Gasteiger partial charge in [-0.3, -0.25) is 0 Å². The molecule has 4 heteroatoms. The molecule has 0 aromatic heterocycles. The van der Waals surface area contributed by atoms with Crippen LogP contribution in [0, 0.1) is 6.92 Å². The van der Waals surface area contributed by atoms with E-state index in [4.69, 9.17) is 9.84 Å². The molecule has 0 aliphatic heterocycles. The van der Waals surface area contributed by atoms with Crippen LogP contribution in [-0.4, -0.2) is 23.4 Å². The molecule has 0 saturated heterocycles. The highest BCUT2D eigenvalue weighted by Crippen LogP contribution is 2.19. The zero-order chi connectivity index (χ0) is 15.1. The molecule has 0 saturated carbocycles. The van der Waals surface area contributed by atoms with Gasteiger partial charge in [-0.15, -0.1) is 0 Å². The number of aromatic carboxylic acids is 1. The predicted molar refractivity (Wildman–Crippen MR) is 86.2 cm³/mol. The van der Waals surface area contributed by atoms with E-state index in [1.165, 1.54) is 11.1 Å². The number of carbonyl (C=O) groups is 1. The van der Waals surface area contributed by atoms with Gasteiger partial charge < -0.3 is 9.84 Å². The lowest BCUT2D eigenvalue weighted by atomic mass is 10.2. The summed E-state index contributed by atoms with van der Waals surface area (Å²) in [7, 11) is 0. The van der Waals surface area contributed by atoms with E-state index in [0.717, 1.165) is 11.5 Å². The average Bonchev–Trinajstić information content (AvgIpc) is 2.47. The molecule has 0 radical (unpaired) electrons. The monoisotopic (exact) mass is 302 g/mol. The van der Waals surface area contributed by atoms with Crippen LogP contribution in [0.1, 0.15) is 21.5 Å². The van der Waals surface area contributed by atoms with Crippen molar-refractivity contribution in [2.45, 2.75) is 12.7 Å². The molecule has 0 aliphatic carbocycles. The maximum atomic E-state index is 11.0. The van der Waals surface area contributed by atoms with E-state index in [-0.39, 0.29) is 5.56 Å². The Morgan fingerprint density at radius 3 is 2.76 bits per heavy atom. The summed E-state index contributed by atoms with van der Waals surface area (Å²) in [5, 5.41) is 9.06. The summed E-state index contributed by atoms with van der Waals surface area (Å²) in [6, 6.07) is 15.1. The first-order valence-corrected chi connectivity index (χ1v) is 7.90. The molecule has 2 rings (SSSR count). The van der Waals surface area contributed by atoms with Gasteiger partial charge in [0.2, 0.25) is 0 Å². The second-order valence-corrected chi connectivity index (χ2v) is 5.80. The van der Waals surface area contributed by atoms with Gasteiger partial charge in [-0.1, -0.05) is 42.0 Å². The van der Waals surface area contributed by atoms with Gasteiger partial charge in [-0.05, 0) is 24.6 Å². The molecular weight excluding hydrogens is 284 g/mol. The van der Waals surface area contributed by atoms with Gasteiger partial charge in [0.25, 0.3) is 0 Å². The summed E-state index contributed by atoms with van der Waals surface area (Å²) >= 11 is 1.78. The lowest BCUT2D eigenvalue weighted by molar-refractivity contribution is 0.0692. The second kappa shape index (κ2) is 7.74. The lowest BCUT2D eigenvalue weighted by Crippen LogP contribution is -2.05. The fourth-order valence-corrected chi connectivity index (χ4v) is 2.73. The first-order valence-electron chi connectivity index (χ1n) is 6.75. The summed E-state index contributed by atoms with van der Waals surface area (Å²) in [6.45, 7) is 2.58. The van der Waals surface area contributed by atoms with Crippen LogP contribution in [0.3, 0.4) is 0 Å². The molecular formula is C17H18O3S. The number of ether oxygens (including phenoxy) is 1. The third-order valence-electron chi connectivity index (χ3n) is 2.95. The highest BCUT2D eigenvalue weighted by atomic mass is 32.2. The number of para-hydroxylation sites is 1. The van der Waals surface area contributed by atoms with Crippen molar-refractivity contribution in [1.82, 2.24) is 0 Å². The Labute approximate surface area is 129 Å². The normalized spacial score (nSPS) is 10.3. The van der Waals surface area contributed by atoms with Gasteiger partial charge in [-0.25, -0.2) is 4.79 Å². The third kappa shape index (κ3) is 4.83. The fourth-order valence-electron chi connectivity index (χ4n) is 1.97. The molecule has 2 aromatic carbocycles. The number of hydrogen-bond donors (Lipinski definition) is 1. The van der Waals surface area contributed by atoms with Crippen molar-refractivity contribution in [3.8, 4) is 5.75 Å². The van der Waals surface area contributed by atoms with E-state index < -0.39 is 5.97 Å². The van der Waals surface area contributed by atoms with Crippen LogP contribution in [-0.2, 0) is 5.75 Å². The lowest BCUT2D eigenvalue weighted by Gasteiger charge is -2.08. The number of carboxylic acid groups (broad SMARTS) is 1. The number of benzene rings is 2. The SMILES string of the molecule is Cc1cccc(CSCCOc2ccccc2C(=O)O)c1. The smallest absolute Gasteiger partial charge is 0.339 e. The van der Waals surface area contributed by atoms with Crippen molar-refractivity contribution < 1.29 is 14.6 Å². The number of hydrogen-bond acceptors (Lipinski definition) is 3. The van der Waals surface area contributed by atoms with Crippen molar-refractivity contribution in [3.05, 3.63) is 65.2 Å². The van der Waals surface area contributed by atoms with Crippen molar-refractivity contribution in [1.29, 1.82) is 0 Å². The van der Waals surface area contributed by atoms with E-state index in [0.29, 0.717) is 12.4 Å². The third-order valence-corrected chi connectivity index (χ3v) is 3.95. The van der Waals surface area contributed by atoms with Crippen LogP contribution in [0.2, 0.25) is 0 Å². The Kier molecular flexibility index (Phi) is 5.69. The van der Waals surface area contributed by atoms with Crippen LogP contribution < -0.4 is 4.74 Å². The molecule has 0 aliphatic rings. The zero-order valence-electron chi connectivity index (χ0n) is 11.9. The minimum atomic E-state index is -0.960. The van der Waals surface area contributed by atoms with Crippen LogP contribution in [0.15, 0.2) is 48.5 Å². The van der Waals surface area contributed by atoms with E-state index >= 15 is 0 Å². The first-order chi connectivity index (χ1) is 10.2. The van der Waals surface area contributed by atoms with Gasteiger partial charge in [0.1, 0.15) is 11.3 Å². The summed E-state index contributed by atoms with van der Waals surface area (Å²) in [5.41, 5.74) is 2.77. The van der Waals surface area contributed by atoms with Gasteiger partial charge in [-0.2, -0.15) is 11.8 Å². The predicted octanol–water partition coefficient (Wildman–Crippen LogP) is 4.01. The van der Waals surface area contributed by atoms with E-state index in [9.17, 15) is 4.79 Å². The van der Waals surface area contributed by atoms with Gasteiger partial charge in [0.15, 0.2) is 0 Å². The standard InChI is InChI=1S/C17H18O3S/c1-13-5-4-6-14(11-13)12-21-10-9-20-16-8-3-2-7-15(16)17(18)19/h2-8,11H,9-10,12H2,1H3,(H,18,19). The van der Waals surface area contributed by atoms with E-state index in [1.807, 2.05) is 0 Å². The minimum Gasteiger partial charge on any atom is -0.492 e. The van der Waals surface area contributed by atoms with E-state index in [1.54, 1.807) is 36.0 Å². The second-order valence-electron chi connectivity index (χ2n) is 4.69. The molecule has 0 spiro atoms. The van der Waals surface area contributed by atoms with Crippen LogP contribution >= 0.6 is 11.8 Å². The van der Waals surface area contributed by atoms with Crippen molar-refractivity contribution >= 4 is 17.7 Å². The number of thioether (sulfide) groups is 1. The summed E-state index contributed by atoms with van der Waals surface area (Å²) < 4.78 is 5.56. The molecule has 0 heterocycles. The van der Waals surface area contributed by atoms with Gasteiger partial charge in [0.05, 0.1) is 6.61 Å². The molecule has 0 atom stereocenters. The molecule has 110 valence electrons. The highest BCUT2D eigenvalue weighted by molar-refractivity contribution is 7.98. The van der Waals surface area contributed by atoms with Crippen LogP contribution in [0.5, 0.6) is 5.75 Å². The first kappa shape index (κ1) is 15.4.